The van der Waals surface area contributed by atoms with Gasteiger partial charge in [-0.1, -0.05) is 6.07 Å². The Hall–Kier alpha value is -3.02. The summed E-state index contributed by atoms with van der Waals surface area (Å²) in [4.78, 5) is 33.9. The summed E-state index contributed by atoms with van der Waals surface area (Å²) in [5, 5.41) is 0. The number of carbonyl (C=O) groups excluding carboxylic acids is 1. The molecule has 1 fully saturated rings. The lowest BCUT2D eigenvalue weighted by atomic mass is 10.1. The minimum atomic E-state index is -0.194. The predicted octanol–water partition coefficient (Wildman–Crippen LogP) is 2.44. The first kappa shape index (κ1) is 16.4. The van der Waals surface area contributed by atoms with Gasteiger partial charge in [-0.2, -0.15) is 0 Å². The van der Waals surface area contributed by atoms with Crippen LogP contribution < -0.4 is 10.6 Å². The minimum Gasteiger partial charge on any atom is -0.368 e. The fourth-order valence-corrected chi connectivity index (χ4v) is 3.44. The molecule has 0 spiro atoms. The molecule has 2 N–H and O–H groups in total. The molecule has 0 atom stereocenters. The molecule has 3 aromatic rings. The Morgan fingerprint density at radius 1 is 0.885 bits per heavy atom. The zero-order chi connectivity index (χ0) is 18.3. The third-order valence-corrected chi connectivity index (χ3v) is 5.19. The van der Waals surface area contributed by atoms with Crippen molar-refractivity contribution in [3.05, 3.63) is 63.6 Å². The van der Waals surface area contributed by atoms with Gasteiger partial charge in [0.2, 0.25) is 0 Å². The first-order valence-electron chi connectivity index (χ1n) is 8.85. The molecule has 6 heteroatoms. The molecule has 1 amide bonds. The van der Waals surface area contributed by atoms with Gasteiger partial charge in [0.25, 0.3) is 5.91 Å². The Morgan fingerprint density at radius 2 is 1.62 bits per heavy atom. The summed E-state index contributed by atoms with van der Waals surface area (Å²) in [7, 11) is 0. The molecule has 0 aliphatic carbocycles. The van der Waals surface area contributed by atoms with Gasteiger partial charge in [-0.3, -0.25) is 4.79 Å². The van der Waals surface area contributed by atoms with Gasteiger partial charge in [-0.05, 0) is 55.3 Å². The summed E-state index contributed by atoms with van der Waals surface area (Å²) in [6.45, 7) is 7.01. The average molecular weight is 350 g/mol. The van der Waals surface area contributed by atoms with Crippen molar-refractivity contribution in [3.63, 3.8) is 0 Å². The number of piperazine rings is 1. The highest BCUT2D eigenvalue weighted by atomic mass is 16.2. The van der Waals surface area contributed by atoms with Crippen LogP contribution >= 0.6 is 0 Å². The highest BCUT2D eigenvalue weighted by Crippen LogP contribution is 2.21. The van der Waals surface area contributed by atoms with Crippen LogP contribution in [0.2, 0.25) is 0 Å². The van der Waals surface area contributed by atoms with Crippen molar-refractivity contribution in [1.82, 2.24) is 14.9 Å². The number of H-pyrrole nitrogens is 2. The maximum Gasteiger partial charge on any atom is 0.323 e. The van der Waals surface area contributed by atoms with Gasteiger partial charge in [0.15, 0.2) is 0 Å². The molecule has 0 bridgehead atoms. The van der Waals surface area contributed by atoms with Crippen LogP contribution in [0, 0.1) is 13.8 Å². The van der Waals surface area contributed by atoms with E-state index in [2.05, 4.69) is 21.8 Å². The molecule has 26 heavy (non-hydrogen) atoms. The van der Waals surface area contributed by atoms with Crippen molar-refractivity contribution in [3.8, 4) is 0 Å². The van der Waals surface area contributed by atoms with Crippen LogP contribution in [-0.2, 0) is 0 Å². The van der Waals surface area contributed by atoms with E-state index in [1.54, 1.807) is 0 Å². The zero-order valence-corrected chi connectivity index (χ0v) is 15.0. The highest BCUT2D eigenvalue weighted by Gasteiger charge is 2.22. The van der Waals surface area contributed by atoms with E-state index in [0.29, 0.717) is 13.1 Å². The van der Waals surface area contributed by atoms with E-state index in [1.807, 2.05) is 48.2 Å². The largest absolute Gasteiger partial charge is 0.368 e. The lowest BCUT2D eigenvalue weighted by Gasteiger charge is -2.36. The predicted molar refractivity (Wildman–Crippen MR) is 103 cm³/mol. The van der Waals surface area contributed by atoms with E-state index in [0.717, 1.165) is 40.9 Å². The molecule has 0 unspecified atom stereocenters. The number of fused-ring (bicyclic) bond motifs is 1. The Bertz CT molecular complexity index is 1030. The molecule has 4 rings (SSSR count). The quantitative estimate of drug-likeness (QED) is 0.746. The lowest BCUT2D eigenvalue weighted by molar-refractivity contribution is 0.0746. The molecular formula is C20H22N4O2. The zero-order valence-electron chi connectivity index (χ0n) is 15.0. The number of amides is 1. The number of hydrogen-bond acceptors (Lipinski definition) is 3. The molecule has 1 aliphatic rings. The molecule has 0 radical (unpaired) electrons. The monoisotopic (exact) mass is 350 g/mol. The van der Waals surface area contributed by atoms with Crippen molar-refractivity contribution in [1.29, 1.82) is 0 Å². The molecule has 1 aromatic heterocycles. The van der Waals surface area contributed by atoms with Crippen molar-refractivity contribution in [2.24, 2.45) is 0 Å². The summed E-state index contributed by atoms with van der Waals surface area (Å²) < 4.78 is 0. The number of carbonyl (C=O) groups is 1. The van der Waals surface area contributed by atoms with Gasteiger partial charge < -0.3 is 19.8 Å². The molecular weight excluding hydrogens is 328 g/mol. The van der Waals surface area contributed by atoms with E-state index >= 15 is 0 Å². The van der Waals surface area contributed by atoms with Crippen LogP contribution in [0.3, 0.4) is 0 Å². The first-order valence-corrected chi connectivity index (χ1v) is 8.85. The Morgan fingerprint density at radius 3 is 2.35 bits per heavy atom. The van der Waals surface area contributed by atoms with Crippen molar-refractivity contribution >= 4 is 22.6 Å². The second-order valence-corrected chi connectivity index (χ2v) is 6.89. The van der Waals surface area contributed by atoms with Crippen molar-refractivity contribution in [2.45, 2.75) is 13.8 Å². The molecule has 2 aromatic carbocycles. The summed E-state index contributed by atoms with van der Waals surface area (Å²) in [6, 6.07) is 11.8. The minimum absolute atomic E-state index is 0.0955. The van der Waals surface area contributed by atoms with Crippen LogP contribution in [0.25, 0.3) is 11.0 Å². The van der Waals surface area contributed by atoms with Gasteiger partial charge in [0.1, 0.15) is 0 Å². The van der Waals surface area contributed by atoms with Gasteiger partial charge in [0.05, 0.1) is 11.0 Å². The summed E-state index contributed by atoms with van der Waals surface area (Å²) >= 11 is 0. The average Bonchev–Trinajstić information content (AvgIpc) is 3.02. The fourth-order valence-electron chi connectivity index (χ4n) is 3.44. The topological polar surface area (TPSA) is 72.2 Å². The second kappa shape index (κ2) is 6.37. The van der Waals surface area contributed by atoms with Crippen molar-refractivity contribution < 1.29 is 4.79 Å². The third kappa shape index (κ3) is 2.98. The van der Waals surface area contributed by atoms with Crippen LogP contribution in [0.4, 0.5) is 5.69 Å². The maximum atomic E-state index is 12.7. The summed E-state index contributed by atoms with van der Waals surface area (Å²) in [6.07, 6.45) is 0. The Kier molecular flexibility index (Phi) is 4.03. The summed E-state index contributed by atoms with van der Waals surface area (Å²) in [5.74, 6) is 0.0955. The van der Waals surface area contributed by atoms with Gasteiger partial charge in [-0.15, -0.1) is 0 Å². The van der Waals surface area contributed by atoms with E-state index in [-0.39, 0.29) is 11.6 Å². The highest BCUT2D eigenvalue weighted by molar-refractivity contribution is 5.94. The number of nitrogens with zero attached hydrogens (tertiary/aromatic N) is 2. The van der Waals surface area contributed by atoms with Gasteiger partial charge in [-0.25, -0.2) is 4.79 Å². The lowest BCUT2D eigenvalue weighted by Crippen LogP contribution is -2.48. The number of nitrogens with one attached hydrogen (secondary N) is 2. The standard InChI is InChI=1S/C20H22N4O2/c1-13-3-4-15(11-14(13)2)19(25)24-9-7-23(8-10-24)16-5-6-17-18(12-16)22-20(26)21-17/h3-6,11-12H,7-10H2,1-2H3,(H2,21,22,26). The number of aromatic nitrogens is 2. The van der Waals surface area contributed by atoms with Gasteiger partial charge in [0, 0.05) is 37.4 Å². The number of anilines is 1. The molecule has 1 saturated heterocycles. The molecule has 134 valence electrons. The number of benzene rings is 2. The number of hydrogen-bond donors (Lipinski definition) is 2. The van der Waals surface area contributed by atoms with E-state index < -0.39 is 0 Å². The number of imidazole rings is 1. The van der Waals surface area contributed by atoms with Crippen LogP contribution in [0.5, 0.6) is 0 Å². The Labute approximate surface area is 151 Å². The molecule has 1 aliphatic heterocycles. The molecule has 0 saturated carbocycles. The SMILES string of the molecule is Cc1ccc(C(=O)N2CCN(c3ccc4[nH]c(=O)[nH]c4c3)CC2)cc1C. The van der Waals surface area contributed by atoms with Crippen LogP contribution in [0.15, 0.2) is 41.2 Å². The number of rotatable bonds is 2. The van der Waals surface area contributed by atoms with Crippen molar-refractivity contribution in [2.75, 3.05) is 31.1 Å². The van der Waals surface area contributed by atoms with E-state index in [1.165, 1.54) is 5.56 Å². The number of aromatic amines is 2. The number of aryl methyl sites for hydroxylation is 2. The van der Waals surface area contributed by atoms with E-state index in [9.17, 15) is 9.59 Å². The molecule has 6 nitrogen and oxygen atoms in total. The van der Waals surface area contributed by atoms with E-state index in [4.69, 9.17) is 0 Å². The van der Waals surface area contributed by atoms with Gasteiger partial charge >= 0.3 is 5.69 Å². The van der Waals surface area contributed by atoms with Crippen LogP contribution in [-0.4, -0.2) is 47.0 Å². The first-order chi connectivity index (χ1) is 12.5. The maximum absolute atomic E-state index is 12.7. The fraction of sp³-hybridized carbons (Fsp3) is 0.300. The Balaban J connectivity index is 1.46. The smallest absolute Gasteiger partial charge is 0.323 e. The summed E-state index contributed by atoms with van der Waals surface area (Å²) in [5.41, 5.74) is 5.58. The van der Waals surface area contributed by atoms with Crippen LogP contribution in [0.1, 0.15) is 21.5 Å². The normalized spacial score (nSPS) is 14.8. The second-order valence-electron chi connectivity index (χ2n) is 6.89. The molecule has 2 heterocycles. The third-order valence-electron chi connectivity index (χ3n) is 5.19.